The molecule has 0 atom stereocenters. The van der Waals surface area contributed by atoms with Gasteiger partial charge in [-0.1, -0.05) is 6.07 Å². The highest BCUT2D eigenvalue weighted by Gasteiger charge is 2.14. The highest BCUT2D eigenvalue weighted by Crippen LogP contribution is 2.32. The number of ether oxygens (including phenoxy) is 2. The molecular formula is C16H17N3O2S. The average molecular weight is 315 g/mol. The number of hydrogen-bond donors (Lipinski definition) is 1. The van der Waals surface area contributed by atoms with Crippen LogP contribution in [0.15, 0.2) is 24.4 Å². The summed E-state index contributed by atoms with van der Waals surface area (Å²) in [6.45, 7) is 6.06. The van der Waals surface area contributed by atoms with Gasteiger partial charge in [-0.2, -0.15) is 0 Å². The third kappa shape index (κ3) is 2.34. The van der Waals surface area contributed by atoms with Crippen molar-refractivity contribution in [1.82, 2.24) is 14.7 Å². The quantitative estimate of drug-likeness (QED) is 0.804. The van der Waals surface area contributed by atoms with E-state index in [0.29, 0.717) is 6.79 Å². The van der Waals surface area contributed by atoms with Gasteiger partial charge in [-0.05, 0) is 31.5 Å². The molecule has 4 rings (SSSR count). The van der Waals surface area contributed by atoms with Crippen LogP contribution < -0.4 is 14.8 Å². The summed E-state index contributed by atoms with van der Waals surface area (Å²) in [5.74, 6) is 1.65. The molecule has 0 amide bonds. The van der Waals surface area contributed by atoms with Crippen LogP contribution in [0.2, 0.25) is 0 Å². The van der Waals surface area contributed by atoms with E-state index >= 15 is 0 Å². The maximum Gasteiger partial charge on any atom is 0.231 e. The van der Waals surface area contributed by atoms with Crippen molar-refractivity contribution in [2.75, 3.05) is 6.79 Å². The second-order valence-corrected chi connectivity index (χ2v) is 6.64. The lowest BCUT2D eigenvalue weighted by Gasteiger charge is -2.06. The first-order chi connectivity index (χ1) is 10.7. The first kappa shape index (κ1) is 13.6. The van der Waals surface area contributed by atoms with Gasteiger partial charge in [0, 0.05) is 24.2 Å². The van der Waals surface area contributed by atoms with Gasteiger partial charge in [0.15, 0.2) is 16.5 Å². The molecule has 0 fully saturated rings. The fraction of sp³-hybridized carbons (Fsp3) is 0.312. The molecule has 1 aliphatic rings. The fourth-order valence-electron chi connectivity index (χ4n) is 2.70. The van der Waals surface area contributed by atoms with Crippen molar-refractivity contribution in [2.24, 2.45) is 0 Å². The minimum absolute atomic E-state index is 0.316. The molecule has 2 aromatic heterocycles. The molecule has 0 aliphatic carbocycles. The van der Waals surface area contributed by atoms with Gasteiger partial charge >= 0.3 is 0 Å². The molecule has 3 heterocycles. The Hall–Kier alpha value is -2.05. The number of aromatic nitrogens is 2. The molecule has 0 bridgehead atoms. The van der Waals surface area contributed by atoms with Gasteiger partial charge in [0.2, 0.25) is 6.79 Å². The van der Waals surface area contributed by atoms with Gasteiger partial charge in [-0.15, -0.1) is 11.3 Å². The van der Waals surface area contributed by atoms with E-state index in [1.54, 1.807) is 11.3 Å². The smallest absolute Gasteiger partial charge is 0.231 e. The normalized spacial score (nSPS) is 13.2. The summed E-state index contributed by atoms with van der Waals surface area (Å²) >= 11 is 1.72. The summed E-state index contributed by atoms with van der Waals surface area (Å²) < 4.78 is 12.9. The molecule has 5 nitrogen and oxygen atoms in total. The van der Waals surface area contributed by atoms with E-state index in [2.05, 4.69) is 40.8 Å². The summed E-state index contributed by atoms with van der Waals surface area (Å²) in [4.78, 5) is 6.95. The van der Waals surface area contributed by atoms with Crippen LogP contribution in [0.4, 0.5) is 0 Å². The standard InChI is InChI=1S/C16H17N3O2S/c1-10-8-19-13(11(2)18-16(19)22-10)7-17-6-12-3-4-14-15(5-12)21-9-20-14/h3-5,8,17H,6-7,9H2,1-2H3. The Morgan fingerprint density at radius 1 is 1.23 bits per heavy atom. The second kappa shape index (κ2) is 5.30. The first-order valence-electron chi connectivity index (χ1n) is 7.24. The largest absolute Gasteiger partial charge is 0.454 e. The monoisotopic (exact) mass is 315 g/mol. The summed E-state index contributed by atoms with van der Waals surface area (Å²) in [5.41, 5.74) is 3.49. The van der Waals surface area contributed by atoms with Crippen molar-refractivity contribution >= 4 is 16.3 Å². The van der Waals surface area contributed by atoms with Crippen LogP contribution in [0, 0.1) is 13.8 Å². The molecule has 6 heteroatoms. The second-order valence-electron chi connectivity index (χ2n) is 5.43. The van der Waals surface area contributed by atoms with E-state index in [1.807, 2.05) is 12.1 Å². The van der Waals surface area contributed by atoms with E-state index in [4.69, 9.17) is 9.47 Å². The van der Waals surface area contributed by atoms with Crippen molar-refractivity contribution < 1.29 is 9.47 Å². The molecule has 0 saturated carbocycles. The Morgan fingerprint density at radius 3 is 3.00 bits per heavy atom. The van der Waals surface area contributed by atoms with Crippen LogP contribution in [0.1, 0.15) is 21.8 Å². The molecule has 3 aromatic rings. The van der Waals surface area contributed by atoms with Crippen molar-refractivity contribution in [3.63, 3.8) is 0 Å². The molecule has 0 saturated heterocycles. The Bertz CT molecular complexity index is 837. The van der Waals surface area contributed by atoms with Gasteiger partial charge < -0.3 is 14.8 Å². The molecule has 22 heavy (non-hydrogen) atoms. The van der Waals surface area contributed by atoms with E-state index in [1.165, 1.54) is 16.1 Å². The predicted octanol–water partition coefficient (Wildman–Crippen LogP) is 3.03. The van der Waals surface area contributed by atoms with Gasteiger partial charge in [-0.3, -0.25) is 4.40 Å². The SMILES string of the molecule is Cc1cn2c(CNCc3ccc4c(c3)OCO4)c(C)nc2s1. The molecule has 1 aliphatic heterocycles. The summed E-state index contributed by atoms with van der Waals surface area (Å²) in [6, 6.07) is 6.06. The number of benzene rings is 1. The number of fused-ring (bicyclic) bond motifs is 2. The predicted molar refractivity (Wildman–Crippen MR) is 85.7 cm³/mol. The first-order valence-corrected chi connectivity index (χ1v) is 8.05. The molecule has 0 spiro atoms. The molecular weight excluding hydrogens is 298 g/mol. The van der Waals surface area contributed by atoms with Gasteiger partial charge in [0.1, 0.15) is 0 Å². The van der Waals surface area contributed by atoms with Crippen molar-refractivity contribution in [2.45, 2.75) is 26.9 Å². The van der Waals surface area contributed by atoms with E-state index < -0.39 is 0 Å². The third-order valence-electron chi connectivity index (χ3n) is 3.80. The fourth-order valence-corrected chi connectivity index (χ4v) is 3.59. The van der Waals surface area contributed by atoms with Crippen molar-refractivity contribution in [1.29, 1.82) is 0 Å². The number of thiazole rings is 1. The Labute approximate surface area is 132 Å². The zero-order valence-electron chi connectivity index (χ0n) is 12.5. The molecule has 114 valence electrons. The van der Waals surface area contributed by atoms with Gasteiger partial charge in [0.05, 0.1) is 11.4 Å². The van der Waals surface area contributed by atoms with Crippen molar-refractivity contribution in [3.8, 4) is 11.5 Å². The maximum atomic E-state index is 5.41. The average Bonchev–Trinajstić information content (AvgIpc) is 3.15. The van der Waals surface area contributed by atoms with E-state index in [-0.39, 0.29) is 0 Å². The zero-order chi connectivity index (χ0) is 15.1. The minimum atomic E-state index is 0.316. The van der Waals surface area contributed by atoms with E-state index in [0.717, 1.165) is 35.2 Å². The number of aryl methyl sites for hydroxylation is 2. The topological polar surface area (TPSA) is 47.8 Å². The van der Waals surface area contributed by atoms with Crippen LogP contribution in [0.25, 0.3) is 4.96 Å². The zero-order valence-corrected chi connectivity index (χ0v) is 13.4. The lowest BCUT2D eigenvalue weighted by molar-refractivity contribution is 0.174. The van der Waals surface area contributed by atoms with Crippen LogP contribution in [-0.4, -0.2) is 16.2 Å². The number of nitrogens with zero attached hydrogens (tertiary/aromatic N) is 2. The lowest BCUT2D eigenvalue weighted by Crippen LogP contribution is -2.14. The number of hydrogen-bond acceptors (Lipinski definition) is 5. The van der Waals surface area contributed by atoms with Crippen LogP contribution >= 0.6 is 11.3 Å². The Morgan fingerprint density at radius 2 is 2.09 bits per heavy atom. The number of rotatable bonds is 4. The van der Waals surface area contributed by atoms with E-state index in [9.17, 15) is 0 Å². The number of imidazole rings is 1. The number of nitrogens with one attached hydrogen (secondary N) is 1. The Kier molecular flexibility index (Phi) is 3.28. The lowest BCUT2D eigenvalue weighted by atomic mass is 10.2. The highest BCUT2D eigenvalue weighted by atomic mass is 32.1. The van der Waals surface area contributed by atoms with Crippen molar-refractivity contribution in [3.05, 3.63) is 46.2 Å². The van der Waals surface area contributed by atoms with Gasteiger partial charge in [-0.25, -0.2) is 4.98 Å². The van der Waals surface area contributed by atoms with Gasteiger partial charge in [0.25, 0.3) is 0 Å². The maximum absolute atomic E-state index is 5.41. The molecule has 1 N–H and O–H groups in total. The van der Waals surface area contributed by atoms with Crippen LogP contribution in [0.5, 0.6) is 11.5 Å². The summed E-state index contributed by atoms with van der Waals surface area (Å²) in [6.07, 6.45) is 2.15. The molecule has 1 aromatic carbocycles. The molecule has 0 radical (unpaired) electrons. The minimum Gasteiger partial charge on any atom is -0.454 e. The summed E-state index contributed by atoms with van der Waals surface area (Å²) in [5, 5.41) is 3.48. The van der Waals surface area contributed by atoms with Crippen LogP contribution in [0.3, 0.4) is 0 Å². The Balaban J connectivity index is 1.47. The third-order valence-corrected chi connectivity index (χ3v) is 4.70. The molecule has 0 unspecified atom stereocenters. The van der Waals surface area contributed by atoms with Crippen LogP contribution in [-0.2, 0) is 13.1 Å². The summed E-state index contributed by atoms with van der Waals surface area (Å²) in [7, 11) is 0. The highest BCUT2D eigenvalue weighted by molar-refractivity contribution is 7.17.